The van der Waals surface area contributed by atoms with Gasteiger partial charge in [-0.3, -0.25) is 10.9 Å². The summed E-state index contributed by atoms with van der Waals surface area (Å²) in [6.07, 6.45) is 5.95. The maximum atomic E-state index is 5.74. The standard InChI is InChI=1S/C17H25N5O2/c1-18-19-12-14-5-7-16(8-6-14)22-13-15(20-21-22)9-11-24-17-4-2-3-10-23-17/h5-8,13,17-19H,2-4,9-12H2,1H3. The van der Waals surface area contributed by atoms with Crippen LogP contribution in [0.15, 0.2) is 30.5 Å². The highest BCUT2D eigenvalue weighted by molar-refractivity contribution is 5.33. The minimum atomic E-state index is -0.0486. The molecule has 1 aromatic heterocycles. The summed E-state index contributed by atoms with van der Waals surface area (Å²) >= 11 is 0. The van der Waals surface area contributed by atoms with Gasteiger partial charge in [0.1, 0.15) is 0 Å². The Morgan fingerprint density at radius 1 is 1.29 bits per heavy atom. The van der Waals surface area contributed by atoms with Gasteiger partial charge in [0.25, 0.3) is 0 Å². The molecule has 1 atom stereocenters. The molecule has 0 bridgehead atoms. The summed E-state index contributed by atoms with van der Waals surface area (Å²) in [6.45, 7) is 2.19. The van der Waals surface area contributed by atoms with Crippen molar-refractivity contribution in [3.63, 3.8) is 0 Å². The quantitative estimate of drug-likeness (QED) is 0.716. The van der Waals surface area contributed by atoms with Gasteiger partial charge in [-0.2, -0.15) is 0 Å². The molecule has 2 N–H and O–H groups in total. The van der Waals surface area contributed by atoms with Crippen LogP contribution < -0.4 is 10.9 Å². The van der Waals surface area contributed by atoms with E-state index in [0.29, 0.717) is 6.61 Å². The van der Waals surface area contributed by atoms with Crippen molar-refractivity contribution in [2.75, 3.05) is 20.3 Å². The number of aromatic nitrogens is 3. The number of nitrogens with one attached hydrogen (secondary N) is 2. The van der Waals surface area contributed by atoms with Crippen molar-refractivity contribution in [3.8, 4) is 5.69 Å². The second-order valence-electron chi connectivity index (χ2n) is 5.84. The lowest BCUT2D eigenvalue weighted by Gasteiger charge is -2.22. The molecule has 130 valence electrons. The predicted octanol–water partition coefficient (Wildman–Crippen LogP) is 1.58. The summed E-state index contributed by atoms with van der Waals surface area (Å²) in [7, 11) is 1.86. The molecular weight excluding hydrogens is 306 g/mol. The lowest BCUT2D eigenvalue weighted by Crippen LogP contribution is -2.26. The van der Waals surface area contributed by atoms with Crippen molar-refractivity contribution in [1.82, 2.24) is 25.8 Å². The first-order valence-corrected chi connectivity index (χ1v) is 8.48. The maximum Gasteiger partial charge on any atom is 0.157 e. The summed E-state index contributed by atoms with van der Waals surface area (Å²) in [6, 6.07) is 8.23. The molecule has 1 aromatic carbocycles. The number of nitrogens with zero attached hydrogens (tertiary/aromatic N) is 3. The third-order valence-corrected chi connectivity index (χ3v) is 4.01. The van der Waals surface area contributed by atoms with E-state index in [-0.39, 0.29) is 6.29 Å². The van der Waals surface area contributed by atoms with Gasteiger partial charge >= 0.3 is 0 Å². The highest BCUT2D eigenvalue weighted by atomic mass is 16.7. The predicted molar refractivity (Wildman–Crippen MR) is 90.5 cm³/mol. The molecular formula is C17H25N5O2. The van der Waals surface area contributed by atoms with Crippen molar-refractivity contribution in [1.29, 1.82) is 0 Å². The molecule has 0 aliphatic carbocycles. The van der Waals surface area contributed by atoms with E-state index in [0.717, 1.165) is 43.8 Å². The van der Waals surface area contributed by atoms with Gasteiger partial charge in [0, 0.05) is 19.6 Å². The molecule has 1 saturated heterocycles. The van der Waals surface area contributed by atoms with E-state index in [1.54, 1.807) is 4.68 Å². The van der Waals surface area contributed by atoms with Gasteiger partial charge in [-0.05, 0) is 44.0 Å². The maximum absolute atomic E-state index is 5.74. The SMILES string of the molecule is CNNCc1ccc(-n2cc(CCOC3CCCCO3)nn2)cc1. The van der Waals surface area contributed by atoms with Crippen molar-refractivity contribution in [2.24, 2.45) is 0 Å². The lowest BCUT2D eigenvalue weighted by molar-refractivity contribution is -0.161. The van der Waals surface area contributed by atoms with Crippen LogP contribution in [0.5, 0.6) is 0 Å². The zero-order chi connectivity index (χ0) is 16.6. The third kappa shape index (κ3) is 4.85. The average Bonchev–Trinajstić information content (AvgIpc) is 3.10. The summed E-state index contributed by atoms with van der Waals surface area (Å²) in [5.74, 6) is 0. The Balaban J connectivity index is 1.49. The lowest BCUT2D eigenvalue weighted by atomic mass is 10.2. The average molecular weight is 331 g/mol. The molecule has 2 aromatic rings. The number of rotatable bonds is 8. The molecule has 1 unspecified atom stereocenters. The van der Waals surface area contributed by atoms with Crippen molar-refractivity contribution < 1.29 is 9.47 Å². The third-order valence-electron chi connectivity index (χ3n) is 4.01. The Kier molecular flexibility index (Phi) is 6.31. The van der Waals surface area contributed by atoms with Gasteiger partial charge in [0.15, 0.2) is 6.29 Å². The van der Waals surface area contributed by atoms with Crippen LogP contribution in [0.4, 0.5) is 0 Å². The summed E-state index contributed by atoms with van der Waals surface area (Å²) in [5.41, 5.74) is 9.10. The number of hydrazine groups is 1. The number of hydrogen-bond acceptors (Lipinski definition) is 6. The van der Waals surface area contributed by atoms with Crippen LogP contribution in [-0.4, -0.2) is 41.5 Å². The van der Waals surface area contributed by atoms with E-state index in [4.69, 9.17) is 9.47 Å². The summed E-state index contributed by atoms with van der Waals surface area (Å²) in [5, 5.41) is 8.41. The van der Waals surface area contributed by atoms with E-state index >= 15 is 0 Å². The molecule has 0 radical (unpaired) electrons. The normalized spacial score (nSPS) is 18.0. The molecule has 0 amide bonds. The Morgan fingerprint density at radius 2 is 2.17 bits per heavy atom. The van der Waals surface area contributed by atoms with Gasteiger partial charge in [-0.1, -0.05) is 17.3 Å². The highest BCUT2D eigenvalue weighted by Crippen LogP contribution is 2.14. The molecule has 7 heteroatoms. The first kappa shape index (κ1) is 17.0. The van der Waals surface area contributed by atoms with E-state index in [1.807, 2.05) is 25.4 Å². The van der Waals surface area contributed by atoms with Crippen LogP contribution in [-0.2, 0) is 22.4 Å². The highest BCUT2D eigenvalue weighted by Gasteiger charge is 2.14. The topological polar surface area (TPSA) is 73.2 Å². The van der Waals surface area contributed by atoms with Crippen molar-refractivity contribution in [3.05, 3.63) is 41.7 Å². The number of benzene rings is 1. The molecule has 1 aliphatic rings. The second kappa shape index (κ2) is 8.89. The van der Waals surface area contributed by atoms with E-state index in [1.165, 1.54) is 12.0 Å². The molecule has 1 aliphatic heterocycles. The Morgan fingerprint density at radius 3 is 2.92 bits per heavy atom. The fourth-order valence-electron chi connectivity index (χ4n) is 2.63. The Hall–Kier alpha value is -1.80. The molecule has 0 spiro atoms. The van der Waals surface area contributed by atoms with Gasteiger partial charge < -0.3 is 9.47 Å². The molecule has 0 saturated carbocycles. The van der Waals surface area contributed by atoms with Crippen LogP contribution >= 0.6 is 0 Å². The van der Waals surface area contributed by atoms with Gasteiger partial charge in [-0.15, -0.1) is 5.10 Å². The van der Waals surface area contributed by atoms with Crippen LogP contribution in [0.3, 0.4) is 0 Å². The van der Waals surface area contributed by atoms with Gasteiger partial charge in [0.2, 0.25) is 0 Å². The molecule has 1 fully saturated rings. The van der Waals surface area contributed by atoms with Crippen molar-refractivity contribution >= 4 is 0 Å². The fourth-order valence-corrected chi connectivity index (χ4v) is 2.63. The minimum Gasteiger partial charge on any atom is -0.353 e. The van der Waals surface area contributed by atoms with Crippen LogP contribution in [0.1, 0.15) is 30.5 Å². The van der Waals surface area contributed by atoms with Gasteiger partial charge in [0.05, 0.1) is 24.2 Å². The zero-order valence-electron chi connectivity index (χ0n) is 14.1. The largest absolute Gasteiger partial charge is 0.353 e. The summed E-state index contributed by atoms with van der Waals surface area (Å²) in [4.78, 5) is 0. The first-order valence-electron chi connectivity index (χ1n) is 8.48. The monoisotopic (exact) mass is 331 g/mol. The number of hydrogen-bond donors (Lipinski definition) is 2. The first-order chi connectivity index (χ1) is 11.8. The molecule has 7 nitrogen and oxygen atoms in total. The molecule has 2 heterocycles. The van der Waals surface area contributed by atoms with E-state index in [9.17, 15) is 0 Å². The minimum absolute atomic E-state index is 0.0486. The zero-order valence-corrected chi connectivity index (χ0v) is 14.1. The second-order valence-corrected chi connectivity index (χ2v) is 5.84. The van der Waals surface area contributed by atoms with Crippen LogP contribution in [0.2, 0.25) is 0 Å². The Bertz CT molecular complexity index is 608. The molecule has 3 rings (SSSR count). The number of ether oxygens (including phenoxy) is 2. The summed E-state index contributed by atoms with van der Waals surface area (Å²) < 4.78 is 13.1. The van der Waals surface area contributed by atoms with E-state index in [2.05, 4.69) is 33.3 Å². The molecule has 24 heavy (non-hydrogen) atoms. The van der Waals surface area contributed by atoms with E-state index < -0.39 is 0 Å². The Labute approximate surface area is 142 Å². The fraction of sp³-hybridized carbons (Fsp3) is 0.529. The van der Waals surface area contributed by atoms with Crippen LogP contribution in [0.25, 0.3) is 5.69 Å². The van der Waals surface area contributed by atoms with Gasteiger partial charge in [-0.25, -0.2) is 4.68 Å². The smallest absolute Gasteiger partial charge is 0.157 e. The van der Waals surface area contributed by atoms with Crippen LogP contribution in [0, 0.1) is 0 Å². The van der Waals surface area contributed by atoms with Crippen molar-refractivity contribution in [2.45, 2.75) is 38.5 Å².